The smallest absolute Gasteiger partial charge is 0.0794 e. The van der Waals surface area contributed by atoms with E-state index in [1.165, 1.54) is 15.3 Å². The first-order chi connectivity index (χ1) is 9.33. The Labute approximate surface area is 123 Å². The van der Waals surface area contributed by atoms with Gasteiger partial charge in [-0.2, -0.15) is 0 Å². The Morgan fingerprint density at radius 3 is 2.63 bits per heavy atom. The summed E-state index contributed by atoms with van der Waals surface area (Å²) < 4.78 is 0. The summed E-state index contributed by atoms with van der Waals surface area (Å²) in [5, 5.41) is 3.56. The Morgan fingerprint density at radius 1 is 1.26 bits per heavy atom. The molecule has 2 nitrogen and oxygen atoms in total. The number of nitrogens with one attached hydrogen (secondary N) is 1. The predicted molar refractivity (Wildman–Crippen MR) is 85.1 cm³/mol. The maximum Gasteiger partial charge on any atom is 0.0794 e. The van der Waals surface area contributed by atoms with Crippen LogP contribution in [-0.2, 0) is 6.42 Å². The van der Waals surface area contributed by atoms with E-state index in [-0.39, 0.29) is 0 Å². The van der Waals surface area contributed by atoms with E-state index in [0.717, 1.165) is 18.7 Å². The maximum atomic E-state index is 4.15. The number of aromatic nitrogens is 1. The lowest BCUT2D eigenvalue weighted by Gasteiger charge is -2.17. The first-order valence-electron chi connectivity index (χ1n) is 6.67. The highest BCUT2D eigenvalue weighted by atomic mass is 32.2. The second-order valence-electron chi connectivity index (χ2n) is 4.28. The Kier molecular flexibility index (Phi) is 5.89. The zero-order chi connectivity index (χ0) is 13.5. The fraction of sp³-hybridized carbons (Fsp3) is 0.400. The second-order valence-corrected chi connectivity index (χ2v) is 6.59. The lowest BCUT2D eigenvalue weighted by molar-refractivity contribution is 0.552. The lowest BCUT2D eigenvalue weighted by atomic mass is 10.0. The molecule has 2 rings (SSSR count). The van der Waals surface area contributed by atoms with Crippen molar-refractivity contribution in [1.82, 2.24) is 10.3 Å². The van der Waals surface area contributed by atoms with Crippen LogP contribution >= 0.6 is 23.1 Å². The Hall–Kier alpha value is -0.840. The van der Waals surface area contributed by atoms with Crippen LogP contribution in [0.2, 0.25) is 0 Å². The van der Waals surface area contributed by atoms with Crippen molar-refractivity contribution in [2.24, 2.45) is 0 Å². The van der Waals surface area contributed by atoms with E-state index in [4.69, 9.17) is 0 Å². The van der Waals surface area contributed by atoms with E-state index in [9.17, 15) is 0 Å². The molecule has 0 saturated heterocycles. The monoisotopic (exact) mass is 292 g/mol. The van der Waals surface area contributed by atoms with E-state index >= 15 is 0 Å². The SMILES string of the molecule is CCNC(Cc1cncs1)c1ccc(SCC)cc1. The average molecular weight is 292 g/mol. The van der Waals surface area contributed by atoms with Crippen LogP contribution < -0.4 is 5.32 Å². The lowest BCUT2D eigenvalue weighted by Crippen LogP contribution is -2.22. The summed E-state index contributed by atoms with van der Waals surface area (Å²) in [5.41, 5.74) is 3.26. The van der Waals surface area contributed by atoms with E-state index in [2.05, 4.69) is 48.4 Å². The molecule has 1 heterocycles. The molecule has 0 radical (unpaired) electrons. The van der Waals surface area contributed by atoms with E-state index in [1.54, 1.807) is 11.3 Å². The van der Waals surface area contributed by atoms with Crippen LogP contribution in [0.25, 0.3) is 0 Å². The first kappa shape index (κ1) is 14.6. The molecule has 0 aliphatic heterocycles. The predicted octanol–water partition coefficient (Wildman–Crippen LogP) is 4.15. The van der Waals surface area contributed by atoms with E-state index in [1.807, 2.05) is 23.5 Å². The van der Waals surface area contributed by atoms with Crippen molar-refractivity contribution >= 4 is 23.1 Å². The first-order valence-corrected chi connectivity index (χ1v) is 8.53. The van der Waals surface area contributed by atoms with E-state index in [0.29, 0.717) is 6.04 Å². The normalized spacial score (nSPS) is 12.5. The number of hydrogen-bond donors (Lipinski definition) is 1. The highest BCUT2D eigenvalue weighted by Crippen LogP contribution is 2.24. The molecule has 0 aliphatic carbocycles. The molecule has 0 bridgehead atoms. The van der Waals surface area contributed by atoms with Gasteiger partial charge in [-0.1, -0.05) is 26.0 Å². The van der Waals surface area contributed by atoms with Gasteiger partial charge < -0.3 is 5.32 Å². The number of rotatable bonds is 7. The van der Waals surface area contributed by atoms with Gasteiger partial charge in [0.05, 0.1) is 5.51 Å². The van der Waals surface area contributed by atoms with Crippen LogP contribution in [0.1, 0.15) is 30.3 Å². The van der Waals surface area contributed by atoms with Crippen molar-refractivity contribution in [2.75, 3.05) is 12.3 Å². The largest absolute Gasteiger partial charge is 0.310 e. The molecule has 0 spiro atoms. The quantitative estimate of drug-likeness (QED) is 0.776. The van der Waals surface area contributed by atoms with E-state index < -0.39 is 0 Å². The fourth-order valence-corrected chi connectivity index (χ4v) is 3.37. The fourth-order valence-electron chi connectivity index (χ4n) is 2.06. The number of nitrogens with zero attached hydrogens (tertiary/aromatic N) is 1. The summed E-state index contributed by atoms with van der Waals surface area (Å²) in [6.07, 6.45) is 2.98. The molecule has 1 atom stereocenters. The molecule has 0 aliphatic rings. The van der Waals surface area contributed by atoms with Crippen molar-refractivity contribution in [3.05, 3.63) is 46.4 Å². The van der Waals surface area contributed by atoms with Crippen molar-refractivity contribution < 1.29 is 0 Å². The number of benzene rings is 1. The summed E-state index contributed by atoms with van der Waals surface area (Å²) in [6.45, 7) is 5.32. The van der Waals surface area contributed by atoms with Crippen LogP contribution in [0.3, 0.4) is 0 Å². The summed E-state index contributed by atoms with van der Waals surface area (Å²) in [7, 11) is 0. The van der Waals surface area contributed by atoms with Gasteiger partial charge in [0.15, 0.2) is 0 Å². The van der Waals surface area contributed by atoms with Gasteiger partial charge in [0, 0.05) is 28.4 Å². The van der Waals surface area contributed by atoms with Gasteiger partial charge in [-0.3, -0.25) is 4.98 Å². The Bertz CT molecular complexity index is 465. The molecule has 0 amide bonds. The summed E-state index contributed by atoms with van der Waals surface area (Å²) >= 11 is 3.61. The average Bonchev–Trinajstić information content (AvgIpc) is 2.93. The van der Waals surface area contributed by atoms with Crippen molar-refractivity contribution in [2.45, 2.75) is 31.2 Å². The van der Waals surface area contributed by atoms with Crippen LogP contribution in [0, 0.1) is 0 Å². The van der Waals surface area contributed by atoms with Crippen LogP contribution in [0.15, 0.2) is 40.9 Å². The van der Waals surface area contributed by atoms with Gasteiger partial charge in [0.2, 0.25) is 0 Å². The van der Waals surface area contributed by atoms with Gasteiger partial charge in [-0.25, -0.2) is 0 Å². The van der Waals surface area contributed by atoms with Gasteiger partial charge in [-0.15, -0.1) is 23.1 Å². The standard InChI is InChI=1S/C15H20N2S2/c1-3-17-15(9-14-10-16-11-19-14)12-5-7-13(8-6-12)18-4-2/h5-8,10-11,15,17H,3-4,9H2,1-2H3. The summed E-state index contributed by atoms with van der Waals surface area (Å²) in [5.74, 6) is 1.12. The molecular weight excluding hydrogens is 272 g/mol. The number of hydrogen-bond acceptors (Lipinski definition) is 4. The third kappa shape index (κ3) is 4.34. The minimum Gasteiger partial charge on any atom is -0.310 e. The van der Waals surface area contributed by atoms with Gasteiger partial charge in [0.25, 0.3) is 0 Å². The molecular formula is C15H20N2S2. The van der Waals surface area contributed by atoms with Crippen molar-refractivity contribution in [1.29, 1.82) is 0 Å². The molecule has 0 saturated carbocycles. The topological polar surface area (TPSA) is 24.9 Å². The van der Waals surface area contributed by atoms with Crippen LogP contribution in [-0.4, -0.2) is 17.3 Å². The van der Waals surface area contributed by atoms with Crippen molar-refractivity contribution in [3.63, 3.8) is 0 Å². The Balaban J connectivity index is 2.09. The molecule has 102 valence electrons. The number of thiazole rings is 1. The molecule has 0 fully saturated rings. The van der Waals surface area contributed by atoms with Crippen molar-refractivity contribution in [3.8, 4) is 0 Å². The number of thioether (sulfide) groups is 1. The van der Waals surface area contributed by atoms with Crippen LogP contribution in [0.4, 0.5) is 0 Å². The second kappa shape index (κ2) is 7.68. The van der Waals surface area contributed by atoms with Crippen LogP contribution in [0.5, 0.6) is 0 Å². The molecule has 1 N–H and O–H groups in total. The van der Waals surface area contributed by atoms with Gasteiger partial charge in [0.1, 0.15) is 0 Å². The zero-order valence-corrected chi connectivity index (χ0v) is 13.1. The summed E-state index contributed by atoms with van der Waals surface area (Å²) in [4.78, 5) is 6.83. The minimum atomic E-state index is 0.381. The molecule has 1 unspecified atom stereocenters. The molecule has 1 aromatic carbocycles. The maximum absolute atomic E-state index is 4.15. The Morgan fingerprint density at radius 2 is 2.05 bits per heavy atom. The third-order valence-electron chi connectivity index (χ3n) is 2.93. The third-order valence-corrected chi connectivity index (χ3v) is 4.63. The minimum absolute atomic E-state index is 0.381. The number of likely N-dealkylation sites (N-methyl/N-ethyl adjacent to an activating group) is 1. The zero-order valence-electron chi connectivity index (χ0n) is 11.4. The molecule has 4 heteroatoms. The van der Waals surface area contributed by atoms with Gasteiger partial charge in [-0.05, 0) is 30.0 Å². The molecule has 2 aromatic rings. The molecule has 1 aromatic heterocycles. The highest BCUT2D eigenvalue weighted by molar-refractivity contribution is 7.99. The molecule has 19 heavy (non-hydrogen) atoms. The highest BCUT2D eigenvalue weighted by Gasteiger charge is 2.12. The summed E-state index contributed by atoms with van der Waals surface area (Å²) in [6, 6.07) is 9.31. The van der Waals surface area contributed by atoms with Gasteiger partial charge >= 0.3 is 0 Å².